The number of fused-ring (bicyclic) bond motifs is 1. The Kier molecular flexibility index (Phi) is 5.80. The van der Waals surface area contributed by atoms with E-state index in [-0.39, 0.29) is 11.2 Å². The Balaban J connectivity index is 1.50. The monoisotopic (exact) mass is 400 g/mol. The molecule has 3 aromatic carbocycles. The van der Waals surface area contributed by atoms with Gasteiger partial charge < -0.3 is 18.6 Å². The fourth-order valence-electron chi connectivity index (χ4n) is 2.97. The van der Waals surface area contributed by atoms with E-state index in [4.69, 9.17) is 18.6 Å². The maximum Gasteiger partial charge on any atom is 0.235 e. The average molecular weight is 400 g/mol. The Morgan fingerprint density at radius 3 is 2.47 bits per heavy atom. The van der Waals surface area contributed by atoms with Crippen LogP contribution in [-0.4, -0.2) is 13.7 Å². The molecule has 1 heterocycles. The Labute approximate surface area is 173 Å². The highest BCUT2D eigenvalue weighted by Crippen LogP contribution is 2.30. The molecule has 5 nitrogen and oxygen atoms in total. The highest BCUT2D eigenvalue weighted by atomic mass is 16.5. The quantitative estimate of drug-likeness (QED) is 0.399. The van der Waals surface area contributed by atoms with Crippen molar-refractivity contribution in [2.24, 2.45) is 0 Å². The molecule has 0 spiro atoms. The summed E-state index contributed by atoms with van der Waals surface area (Å²) in [6.07, 6.45) is 5.22. The standard InChI is InChI=1S/C25H20O5/c1-27-21-11-5-6-12-22(21)30-24-17-29-23-16-19(13-14-20(23)25(24)26)28-15-7-10-18-8-3-2-4-9-18/h2-14,16-17H,15H2,1H3/b10-7+. The lowest BCUT2D eigenvalue weighted by molar-refractivity contribution is 0.363. The van der Waals surface area contributed by atoms with Gasteiger partial charge in [0.15, 0.2) is 11.5 Å². The summed E-state index contributed by atoms with van der Waals surface area (Å²) in [6.45, 7) is 0.402. The molecule has 0 aliphatic carbocycles. The molecule has 0 aliphatic heterocycles. The van der Waals surface area contributed by atoms with Crippen molar-refractivity contribution in [2.45, 2.75) is 0 Å². The van der Waals surface area contributed by atoms with Crippen LogP contribution in [0.4, 0.5) is 0 Å². The van der Waals surface area contributed by atoms with E-state index >= 15 is 0 Å². The lowest BCUT2D eigenvalue weighted by atomic mass is 10.2. The maximum absolute atomic E-state index is 12.8. The van der Waals surface area contributed by atoms with E-state index in [1.807, 2.05) is 48.6 Å². The minimum Gasteiger partial charge on any atom is -0.493 e. The van der Waals surface area contributed by atoms with E-state index in [1.54, 1.807) is 43.5 Å². The molecule has 4 aromatic rings. The normalized spacial score (nSPS) is 11.0. The van der Waals surface area contributed by atoms with Crippen molar-refractivity contribution in [3.05, 3.63) is 101 Å². The average Bonchev–Trinajstić information content (AvgIpc) is 2.79. The summed E-state index contributed by atoms with van der Waals surface area (Å²) in [6, 6.07) is 22.2. The minimum absolute atomic E-state index is 0.0893. The molecular weight excluding hydrogens is 380 g/mol. The van der Waals surface area contributed by atoms with E-state index in [1.165, 1.54) is 6.26 Å². The van der Waals surface area contributed by atoms with Crippen LogP contribution in [0.3, 0.4) is 0 Å². The molecule has 0 fully saturated rings. The number of rotatable bonds is 7. The molecule has 5 heteroatoms. The lowest BCUT2D eigenvalue weighted by Crippen LogP contribution is -2.05. The molecule has 1 aromatic heterocycles. The largest absolute Gasteiger partial charge is 0.493 e. The van der Waals surface area contributed by atoms with E-state index in [9.17, 15) is 4.79 Å². The topological polar surface area (TPSA) is 57.9 Å². The second kappa shape index (κ2) is 9.01. The number of para-hydroxylation sites is 2. The minimum atomic E-state index is -0.266. The Hall–Kier alpha value is -3.99. The molecule has 0 saturated carbocycles. The van der Waals surface area contributed by atoms with E-state index in [0.29, 0.717) is 34.8 Å². The second-order valence-electron chi connectivity index (χ2n) is 6.46. The molecule has 0 N–H and O–H groups in total. The summed E-state index contributed by atoms with van der Waals surface area (Å²) in [5, 5.41) is 0.412. The highest BCUT2D eigenvalue weighted by Gasteiger charge is 2.12. The molecule has 4 rings (SSSR count). The van der Waals surface area contributed by atoms with Gasteiger partial charge in [0.25, 0.3) is 0 Å². The number of hydrogen-bond donors (Lipinski definition) is 0. The highest BCUT2D eigenvalue weighted by molar-refractivity contribution is 5.79. The summed E-state index contributed by atoms with van der Waals surface area (Å²) in [4.78, 5) is 12.8. The Bertz CT molecular complexity index is 1230. The molecule has 0 saturated heterocycles. The van der Waals surface area contributed by atoms with Gasteiger partial charge in [0.05, 0.1) is 12.5 Å². The van der Waals surface area contributed by atoms with Crippen molar-refractivity contribution < 1.29 is 18.6 Å². The summed E-state index contributed by atoms with van der Waals surface area (Å²) < 4.78 is 22.3. The molecule has 150 valence electrons. The van der Waals surface area contributed by atoms with Crippen LogP contribution in [-0.2, 0) is 0 Å². The number of benzene rings is 3. The zero-order valence-corrected chi connectivity index (χ0v) is 16.4. The molecule has 0 unspecified atom stereocenters. The van der Waals surface area contributed by atoms with Gasteiger partial charge in [0, 0.05) is 6.07 Å². The Morgan fingerprint density at radius 1 is 0.900 bits per heavy atom. The third kappa shape index (κ3) is 4.36. The first-order chi connectivity index (χ1) is 14.7. The van der Waals surface area contributed by atoms with Crippen LogP contribution >= 0.6 is 0 Å². The summed E-state index contributed by atoms with van der Waals surface area (Å²) >= 11 is 0. The number of hydrogen-bond acceptors (Lipinski definition) is 5. The molecule has 0 bridgehead atoms. The third-order valence-electron chi connectivity index (χ3n) is 4.46. The third-order valence-corrected chi connectivity index (χ3v) is 4.46. The van der Waals surface area contributed by atoms with Gasteiger partial charge in [0.2, 0.25) is 11.2 Å². The lowest BCUT2D eigenvalue weighted by Gasteiger charge is -2.10. The van der Waals surface area contributed by atoms with Gasteiger partial charge in [-0.1, -0.05) is 48.5 Å². The van der Waals surface area contributed by atoms with E-state index in [2.05, 4.69) is 0 Å². The van der Waals surface area contributed by atoms with Gasteiger partial charge in [0.1, 0.15) is 24.2 Å². The zero-order valence-electron chi connectivity index (χ0n) is 16.4. The maximum atomic E-state index is 12.8. The second-order valence-corrected chi connectivity index (χ2v) is 6.46. The first kappa shape index (κ1) is 19.3. The molecule has 0 aliphatic rings. The summed E-state index contributed by atoms with van der Waals surface area (Å²) in [5.74, 6) is 1.68. The fraction of sp³-hybridized carbons (Fsp3) is 0.0800. The van der Waals surface area contributed by atoms with Crippen LogP contribution in [0.25, 0.3) is 17.0 Å². The summed E-state index contributed by atoms with van der Waals surface area (Å²) in [5.41, 5.74) is 1.27. The molecule has 30 heavy (non-hydrogen) atoms. The molecule has 0 atom stereocenters. The van der Waals surface area contributed by atoms with Gasteiger partial charge >= 0.3 is 0 Å². The smallest absolute Gasteiger partial charge is 0.235 e. The fourth-order valence-corrected chi connectivity index (χ4v) is 2.97. The van der Waals surface area contributed by atoms with E-state index < -0.39 is 0 Å². The summed E-state index contributed by atoms with van der Waals surface area (Å²) in [7, 11) is 1.54. The number of ether oxygens (including phenoxy) is 3. The van der Waals surface area contributed by atoms with Gasteiger partial charge in [-0.05, 0) is 35.9 Å². The van der Waals surface area contributed by atoms with Gasteiger partial charge in [-0.3, -0.25) is 4.79 Å². The SMILES string of the molecule is COc1ccccc1Oc1coc2cc(OC/C=C/c3ccccc3)ccc2c1=O. The van der Waals surface area contributed by atoms with Crippen molar-refractivity contribution in [3.63, 3.8) is 0 Å². The van der Waals surface area contributed by atoms with Crippen LogP contribution in [0.1, 0.15) is 5.56 Å². The Morgan fingerprint density at radius 2 is 1.67 bits per heavy atom. The molecular formula is C25H20O5. The van der Waals surface area contributed by atoms with Crippen LogP contribution in [0.2, 0.25) is 0 Å². The number of methoxy groups -OCH3 is 1. The van der Waals surface area contributed by atoms with Crippen molar-refractivity contribution in [2.75, 3.05) is 13.7 Å². The van der Waals surface area contributed by atoms with Crippen molar-refractivity contribution >= 4 is 17.0 Å². The molecule has 0 radical (unpaired) electrons. The predicted octanol–water partition coefficient (Wildman–Crippen LogP) is 5.69. The van der Waals surface area contributed by atoms with Crippen molar-refractivity contribution in [1.29, 1.82) is 0 Å². The first-order valence-corrected chi connectivity index (χ1v) is 9.45. The van der Waals surface area contributed by atoms with E-state index in [0.717, 1.165) is 5.56 Å². The van der Waals surface area contributed by atoms with Crippen LogP contribution in [0.15, 0.2) is 94.3 Å². The van der Waals surface area contributed by atoms with Crippen molar-refractivity contribution in [3.8, 4) is 23.0 Å². The van der Waals surface area contributed by atoms with Crippen molar-refractivity contribution in [1.82, 2.24) is 0 Å². The van der Waals surface area contributed by atoms with Crippen LogP contribution in [0.5, 0.6) is 23.0 Å². The van der Waals surface area contributed by atoms with Crippen LogP contribution in [0, 0.1) is 0 Å². The van der Waals surface area contributed by atoms with Gasteiger partial charge in [-0.15, -0.1) is 0 Å². The first-order valence-electron chi connectivity index (χ1n) is 9.45. The van der Waals surface area contributed by atoms with Crippen LogP contribution < -0.4 is 19.6 Å². The predicted molar refractivity (Wildman–Crippen MR) is 117 cm³/mol. The molecule has 0 amide bonds. The van der Waals surface area contributed by atoms with Gasteiger partial charge in [-0.2, -0.15) is 0 Å². The van der Waals surface area contributed by atoms with Gasteiger partial charge in [-0.25, -0.2) is 0 Å². The zero-order chi connectivity index (χ0) is 20.8.